The van der Waals surface area contributed by atoms with Crippen molar-refractivity contribution in [1.29, 1.82) is 0 Å². The van der Waals surface area contributed by atoms with E-state index in [0.717, 1.165) is 0 Å². The van der Waals surface area contributed by atoms with E-state index in [0.29, 0.717) is 15.2 Å². The summed E-state index contributed by atoms with van der Waals surface area (Å²) in [5, 5.41) is 8.24. The van der Waals surface area contributed by atoms with Gasteiger partial charge in [0.2, 0.25) is 5.89 Å². The van der Waals surface area contributed by atoms with E-state index >= 15 is 4.39 Å². The number of aromatic nitrogens is 2. The van der Waals surface area contributed by atoms with Crippen LogP contribution < -0.4 is 9.47 Å². The van der Waals surface area contributed by atoms with Crippen LogP contribution in [0.4, 0.5) is 8.78 Å². The van der Waals surface area contributed by atoms with E-state index in [-0.39, 0.29) is 45.9 Å². The molecule has 0 unspecified atom stereocenters. The van der Waals surface area contributed by atoms with Crippen LogP contribution in [0.3, 0.4) is 0 Å². The standard InChI is InChI=1S/C22H13BrCl2F2N2O3/c1-30-17-4-2-3-15(20(17)27)22-29-28-18(32-22)7-11-5-6-16(25)21(19(11)26)31-14-9-12(23)8-13(24)10-14/h2-6,8-10H,7H2,1H3. The Morgan fingerprint density at radius 3 is 2.59 bits per heavy atom. The summed E-state index contributed by atoms with van der Waals surface area (Å²) in [4.78, 5) is 0. The maximum atomic E-state index is 15.2. The molecule has 0 aliphatic carbocycles. The molecule has 10 heteroatoms. The Bertz CT molecular complexity index is 1280. The minimum atomic E-state index is -0.694. The van der Waals surface area contributed by atoms with Crippen LogP contribution in [-0.4, -0.2) is 17.3 Å². The molecule has 0 N–H and O–H groups in total. The van der Waals surface area contributed by atoms with Gasteiger partial charge in [0.1, 0.15) is 5.75 Å². The summed E-state index contributed by atoms with van der Waals surface area (Å²) in [7, 11) is 1.35. The second-order valence-corrected chi connectivity index (χ2v) is 8.32. The fraction of sp³-hybridized carbons (Fsp3) is 0.0909. The second-order valence-electron chi connectivity index (χ2n) is 6.56. The number of halogens is 5. The molecule has 0 spiro atoms. The van der Waals surface area contributed by atoms with Gasteiger partial charge in [0.25, 0.3) is 5.89 Å². The van der Waals surface area contributed by atoms with Crippen molar-refractivity contribution >= 4 is 39.1 Å². The zero-order chi connectivity index (χ0) is 22.8. The smallest absolute Gasteiger partial charge is 0.250 e. The zero-order valence-electron chi connectivity index (χ0n) is 16.3. The molecule has 4 rings (SSSR count). The lowest BCUT2D eigenvalue weighted by molar-refractivity contribution is 0.386. The molecule has 0 bridgehead atoms. The molecule has 5 nitrogen and oxygen atoms in total. The van der Waals surface area contributed by atoms with Crippen LogP contribution in [0.5, 0.6) is 17.2 Å². The van der Waals surface area contributed by atoms with Crippen molar-refractivity contribution in [3.05, 3.63) is 86.1 Å². The number of rotatable bonds is 6. The van der Waals surface area contributed by atoms with Crippen molar-refractivity contribution in [3.8, 4) is 28.7 Å². The monoisotopic (exact) mass is 540 g/mol. The van der Waals surface area contributed by atoms with Crippen molar-refractivity contribution in [2.75, 3.05) is 7.11 Å². The molecule has 0 amide bonds. The normalized spacial score (nSPS) is 10.9. The fourth-order valence-corrected chi connectivity index (χ4v) is 3.95. The molecule has 164 valence electrons. The van der Waals surface area contributed by atoms with Crippen LogP contribution >= 0.6 is 39.1 Å². The maximum absolute atomic E-state index is 15.2. The summed E-state index contributed by atoms with van der Waals surface area (Å²) in [5.74, 6) is -1.12. The molecule has 1 aromatic heterocycles. The lowest BCUT2D eigenvalue weighted by atomic mass is 10.1. The molecule has 3 aromatic carbocycles. The van der Waals surface area contributed by atoms with Crippen molar-refractivity contribution in [2.45, 2.75) is 6.42 Å². The van der Waals surface area contributed by atoms with Gasteiger partial charge in [-0.05, 0) is 36.4 Å². The highest BCUT2D eigenvalue weighted by atomic mass is 79.9. The first-order valence-electron chi connectivity index (χ1n) is 9.11. The van der Waals surface area contributed by atoms with Gasteiger partial charge in [0, 0.05) is 15.1 Å². The lowest BCUT2D eigenvalue weighted by Crippen LogP contribution is -1.98. The molecule has 0 aliphatic heterocycles. The molecular formula is C22H13BrCl2F2N2O3. The topological polar surface area (TPSA) is 57.4 Å². The zero-order valence-corrected chi connectivity index (χ0v) is 19.4. The molecule has 0 aliphatic rings. The summed E-state index contributed by atoms with van der Waals surface area (Å²) >= 11 is 15.5. The van der Waals surface area contributed by atoms with Crippen molar-refractivity contribution < 1.29 is 22.7 Å². The van der Waals surface area contributed by atoms with Crippen LogP contribution in [0.2, 0.25) is 10.0 Å². The van der Waals surface area contributed by atoms with Crippen LogP contribution in [0.1, 0.15) is 11.5 Å². The largest absolute Gasteiger partial charge is 0.494 e. The maximum Gasteiger partial charge on any atom is 0.250 e. The highest BCUT2D eigenvalue weighted by molar-refractivity contribution is 9.10. The Kier molecular flexibility index (Phi) is 6.64. The summed E-state index contributed by atoms with van der Waals surface area (Å²) < 4.78 is 46.5. The molecule has 0 atom stereocenters. The molecule has 1 heterocycles. The first kappa shape index (κ1) is 22.5. The third-order valence-electron chi connectivity index (χ3n) is 4.41. The quantitative estimate of drug-likeness (QED) is 0.253. The van der Waals surface area contributed by atoms with Gasteiger partial charge >= 0.3 is 0 Å². The van der Waals surface area contributed by atoms with Gasteiger partial charge in [0.05, 0.1) is 24.1 Å². The van der Waals surface area contributed by atoms with Crippen molar-refractivity contribution in [2.24, 2.45) is 0 Å². The summed E-state index contributed by atoms with van der Waals surface area (Å²) in [6, 6.07) is 12.3. The van der Waals surface area contributed by atoms with Gasteiger partial charge in [0.15, 0.2) is 23.1 Å². The van der Waals surface area contributed by atoms with Gasteiger partial charge in [-0.2, -0.15) is 0 Å². The number of benzene rings is 3. The number of ether oxygens (including phenoxy) is 2. The molecular weight excluding hydrogens is 529 g/mol. The predicted octanol–water partition coefficient (Wildman–Crippen LogP) is 7.48. The van der Waals surface area contributed by atoms with Gasteiger partial charge in [-0.3, -0.25) is 0 Å². The minimum Gasteiger partial charge on any atom is -0.494 e. The SMILES string of the molecule is COc1cccc(-c2nnc(Cc3ccc(Cl)c(Oc4cc(Cl)cc(Br)c4)c3F)o2)c1F. The molecule has 4 aromatic rings. The van der Waals surface area contributed by atoms with Crippen molar-refractivity contribution in [3.63, 3.8) is 0 Å². The van der Waals surface area contributed by atoms with E-state index in [1.165, 1.54) is 37.4 Å². The van der Waals surface area contributed by atoms with E-state index in [9.17, 15) is 4.39 Å². The van der Waals surface area contributed by atoms with Crippen LogP contribution in [-0.2, 0) is 6.42 Å². The highest BCUT2D eigenvalue weighted by Crippen LogP contribution is 2.37. The number of nitrogens with zero attached hydrogens (tertiary/aromatic N) is 2. The first-order chi connectivity index (χ1) is 15.4. The predicted molar refractivity (Wildman–Crippen MR) is 120 cm³/mol. The van der Waals surface area contributed by atoms with Gasteiger partial charge in [-0.15, -0.1) is 10.2 Å². The summed E-state index contributed by atoms with van der Waals surface area (Å²) in [5.41, 5.74) is 0.280. The van der Waals surface area contributed by atoms with Crippen LogP contribution in [0.25, 0.3) is 11.5 Å². The Balaban J connectivity index is 1.62. The van der Waals surface area contributed by atoms with E-state index in [2.05, 4.69) is 26.1 Å². The van der Waals surface area contributed by atoms with Gasteiger partial charge in [-0.1, -0.05) is 51.3 Å². The van der Waals surface area contributed by atoms with E-state index in [4.69, 9.17) is 37.1 Å². The van der Waals surface area contributed by atoms with Crippen LogP contribution in [0.15, 0.2) is 57.4 Å². The lowest BCUT2D eigenvalue weighted by Gasteiger charge is -2.12. The van der Waals surface area contributed by atoms with Crippen LogP contribution in [0, 0.1) is 11.6 Å². The Morgan fingerprint density at radius 2 is 1.84 bits per heavy atom. The third-order valence-corrected chi connectivity index (χ3v) is 5.38. The Morgan fingerprint density at radius 1 is 1.03 bits per heavy atom. The summed E-state index contributed by atoms with van der Waals surface area (Å²) in [6.45, 7) is 0. The minimum absolute atomic E-state index is 0.0421. The van der Waals surface area contributed by atoms with E-state index in [1.807, 2.05) is 0 Å². The second kappa shape index (κ2) is 9.44. The average molecular weight is 542 g/mol. The molecule has 0 radical (unpaired) electrons. The van der Waals surface area contributed by atoms with Crippen molar-refractivity contribution in [1.82, 2.24) is 10.2 Å². The average Bonchev–Trinajstić information content (AvgIpc) is 3.21. The Hall–Kier alpha value is -2.68. The Labute approximate surface area is 200 Å². The van der Waals surface area contributed by atoms with Gasteiger partial charge in [-0.25, -0.2) is 8.78 Å². The first-order valence-corrected chi connectivity index (χ1v) is 10.7. The van der Waals surface area contributed by atoms with Gasteiger partial charge < -0.3 is 13.9 Å². The molecule has 0 fully saturated rings. The number of hydrogen-bond donors (Lipinski definition) is 0. The molecule has 0 saturated heterocycles. The highest BCUT2D eigenvalue weighted by Gasteiger charge is 2.20. The number of hydrogen-bond acceptors (Lipinski definition) is 5. The summed E-state index contributed by atoms with van der Waals surface area (Å²) in [6.07, 6.45) is -0.0583. The number of methoxy groups -OCH3 is 1. The van der Waals surface area contributed by atoms with E-state index in [1.54, 1.807) is 18.2 Å². The fourth-order valence-electron chi connectivity index (χ4n) is 2.94. The third kappa shape index (κ3) is 4.72. The van der Waals surface area contributed by atoms with E-state index < -0.39 is 11.6 Å². The molecule has 0 saturated carbocycles. The molecule has 32 heavy (non-hydrogen) atoms.